The normalized spacial score (nSPS) is 10.3. The zero-order chi connectivity index (χ0) is 14.4. The molecule has 2 rings (SSSR count). The molecule has 0 aliphatic heterocycles. The van der Waals surface area contributed by atoms with Gasteiger partial charge >= 0.3 is 0 Å². The predicted molar refractivity (Wildman–Crippen MR) is 86.0 cm³/mol. The molecule has 2 aromatic rings. The highest BCUT2D eigenvalue weighted by atomic mass is 35.5. The molecule has 0 spiro atoms. The first-order chi connectivity index (χ1) is 9.70. The van der Waals surface area contributed by atoms with Gasteiger partial charge in [0, 0.05) is 12.2 Å². The van der Waals surface area contributed by atoms with E-state index in [4.69, 9.17) is 27.9 Å². The molecular weight excluding hydrogens is 293 g/mol. The second-order valence-electron chi connectivity index (χ2n) is 4.46. The van der Waals surface area contributed by atoms with Gasteiger partial charge in [-0.25, -0.2) is 0 Å². The average Bonchev–Trinajstić information content (AvgIpc) is 2.45. The lowest BCUT2D eigenvalue weighted by atomic mass is 10.2. The Balaban J connectivity index is 2.06. The van der Waals surface area contributed by atoms with Crippen LogP contribution in [-0.4, -0.2) is 6.61 Å². The Morgan fingerprint density at radius 2 is 1.70 bits per heavy atom. The maximum Gasteiger partial charge on any atom is 0.156 e. The van der Waals surface area contributed by atoms with E-state index >= 15 is 0 Å². The minimum Gasteiger partial charge on any atom is -0.490 e. The quantitative estimate of drug-likeness (QED) is 0.772. The summed E-state index contributed by atoms with van der Waals surface area (Å²) in [5, 5.41) is 4.42. The predicted octanol–water partition coefficient (Wildman–Crippen LogP) is 5.39. The first-order valence-corrected chi connectivity index (χ1v) is 7.36. The van der Waals surface area contributed by atoms with E-state index in [2.05, 4.69) is 5.32 Å². The van der Waals surface area contributed by atoms with Gasteiger partial charge in [0.1, 0.15) is 0 Å². The molecule has 0 aromatic heterocycles. The molecule has 106 valence electrons. The van der Waals surface area contributed by atoms with Gasteiger partial charge < -0.3 is 10.1 Å². The van der Waals surface area contributed by atoms with Crippen molar-refractivity contribution in [1.29, 1.82) is 0 Å². The number of hydrogen-bond donors (Lipinski definition) is 1. The third kappa shape index (κ3) is 4.06. The number of ether oxygens (including phenoxy) is 1. The topological polar surface area (TPSA) is 21.3 Å². The van der Waals surface area contributed by atoms with Gasteiger partial charge in [-0.1, -0.05) is 48.3 Å². The molecule has 2 nitrogen and oxygen atoms in total. The number of rotatable bonds is 6. The lowest BCUT2D eigenvalue weighted by Crippen LogP contribution is -2.01. The van der Waals surface area contributed by atoms with Gasteiger partial charge in [-0.3, -0.25) is 0 Å². The van der Waals surface area contributed by atoms with Gasteiger partial charge in [0.25, 0.3) is 0 Å². The Morgan fingerprint density at radius 1 is 1.05 bits per heavy atom. The van der Waals surface area contributed by atoms with Crippen molar-refractivity contribution in [3.8, 4) is 5.75 Å². The van der Waals surface area contributed by atoms with Crippen molar-refractivity contribution in [2.75, 3.05) is 11.9 Å². The summed E-state index contributed by atoms with van der Waals surface area (Å²) in [5.74, 6) is 0.568. The Bertz CT molecular complexity index is 535. The monoisotopic (exact) mass is 309 g/mol. The van der Waals surface area contributed by atoms with Crippen LogP contribution < -0.4 is 10.1 Å². The van der Waals surface area contributed by atoms with Gasteiger partial charge in [0.05, 0.1) is 16.7 Å². The van der Waals surface area contributed by atoms with Crippen molar-refractivity contribution in [1.82, 2.24) is 0 Å². The van der Waals surface area contributed by atoms with Gasteiger partial charge in [0.15, 0.2) is 5.75 Å². The molecule has 0 aliphatic rings. The summed E-state index contributed by atoms with van der Waals surface area (Å²) in [6.07, 6.45) is 0.921. The minimum absolute atomic E-state index is 0.552. The third-order valence-corrected chi connectivity index (χ3v) is 3.34. The maximum atomic E-state index is 6.21. The number of halogens is 2. The molecule has 0 bridgehead atoms. The van der Waals surface area contributed by atoms with Crippen molar-refractivity contribution >= 4 is 28.9 Å². The van der Waals surface area contributed by atoms with Gasteiger partial charge in [-0.2, -0.15) is 0 Å². The largest absolute Gasteiger partial charge is 0.490 e. The van der Waals surface area contributed by atoms with Crippen molar-refractivity contribution in [3.05, 3.63) is 58.1 Å². The summed E-state index contributed by atoms with van der Waals surface area (Å²) in [6.45, 7) is 3.32. The zero-order valence-electron chi connectivity index (χ0n) is 11.3. The van der Waals surface area contributed by atoms with E-state index in [1.54, 1.807) is 0 Å². The van der Waals surface area contributed by atoms with E-state index in [0.29, 0.717) is 28.9 Å². The molecule has 0 amide bonds. The summed E-state index contributed by atoms with van der Waals surface area (Å²) in [6, 6.07) is 13.8. The van der Waals surface area contributed by atoms with Crippen LogP contribution in [0.5, 0.6) is 5.75 Å². The second-order valence-corrected chi connectivity index (χ2v) is 5.27. The molecular formula is C16H17Cl2NO. The molecule has 4 heteroatoms. The molecule has 1 N–H and O–H groups in total. The van der Waals surface area contributed by atoms with Crippen LogP contribution in [0.1, 0.15) is 18.9 Å². The number of benzene rings is 2. The Morgan fingerprint density at radius 3 is 2.30 bits per heavy atom. The standard InChI is InChI=1S/C16H17Cl2NO/c1-2-8-20-16-14(17)9-12(10-15(16)18)11-19-13-6-4-3-5-7-13/h3-7,9-10,19H,2,8,11H2,1H3. The third-order valence-electron chi connectivity index (χ3n) is 2.78. The number of hydrogen-bond acceptors (Lipinski definition) is 2. The summed E-state index contributed by atoms with van der Waals surface area (Å²) < 4.78 is 5.55. The van der Waals surface area contributed by atoms with Crippen molar-refractivity contribution in [2.45, 2.75) is 19.9 Å². The van der Waals surface area contributed by atoms with Crippen molar-refractivity contribution in [2.24, 2.45) is 0 Å². The number of anilines is 1. The Labute approximate surface area is 129 Å². The smallest absolute Gasteiger partial charge is 0.156 e. The van der Waals surface area contributed by atoms with E-state index in [-0.39, 0.29) is 0 Å². The fourth-order valence-corrected chi connectivity index (χ4v) is 2.46. The van der Waals surface area contributed by atoms with Crippen LogP contribution in [0, 0.1) is 0 Å². The first kappa shape index (κ1) is 15.0. The van der Waals surface area contributed by atoms with E-state index in [1.165, 1.54) is 0 Å². The second kappa shape index (κ2) is 7.41. The van der Waals surface area contributed by atoms with Crippen molar-refractivity contribution in [3.63, 3.8) is 0 Å². The van der Waals surface area contributed by atoms with Crippen LogP contribution in [0.2, 0.25) is 10.0 Å². The average molecular weight is 310 g/mol. The van der Waals surface area contributed by atoms with Crippen LogP contribution in [0.25, 0.3) is 0 Å². The molecule has 0 atom stereocenters. The number of nitrogens with one attached hydrogen (secondary N) is 1. The Hall–Kier alpha value is -1.38. The van der Waals surface area contributed by atoms with E-state index in [1.807, 2.05) is 49.4 Å². The van der Waals surface area contributed by atoms with Crippen LogP contribution in [0.4, 0.5) is 5.69 Å². The highest BCUT2D eigenvalue weighted by Gasteiger charge is 2.09. The molecule has 0 saturated carbocycles. The minimum atomic E-state index is 0.552. The molecule has 0 fully saturated rings. The fraction of sp³-hybridized carbons (Fsp3) is 0.250. The summed E-state index contributed by atoms with van der Waals surface area (Å²) in [4.78, 5) is 0. The van der Waals surface area contributed by atoms with Crippen LogP contribution in [0.15, 0.2) is 42.5 Å². The fourth-order valence-electron chi connectivity index (χ4n) is 1.82. The number of para-hydroxylation sites is 1. The Kier molecular flexibility index (Phi) is 5.57. The lowest BCUT2D eigenvalue weighted by Gasteiger charge is -2.12. The lowest BCUT2D eigenvalue weighted by molar-refractivity contribution is 0.318. The van der Waals surface area contributed by atoms with E-state index in [0.717, 1.165) is 17.7 Å². The molecule has 0 saturated heterocycles. The van der Waals surface area contributed by atoms with E-state index < -0.39 is 0 Å². The summed E-state index contributed by atoms with van der Waals surface area (Å²) in [7, 11) is 0. The molecule has 0 aliphatic carbocycles. The van der Waals surface area contributed by atoms with E-state index in [9.17, 15) is 0 Å². The van der Waals surface area contributed by atoms with Crippen molar-refractivity contribution < 1.29 is 4.74 Å². The molecule has 0 unspecified atom stereocenters. The van der Waals surface area contributed by atoms with Gasteiger partial charge in [-0.05, 0) is 36.2 Å². The summed E-state index contributed by atoms with van der Waals surface area (Å²) >= 11 is 12.4. The highest BCUT2D eigenvalue weighted by molar-refractivity contribution is 6.37. The highest BCUT2D eigenvalue weighted by Crippen LogP contribution is 2.34. The maximum absolute atomic E-state index is 6.21. The molecule has 0 heterocycles. The first-order valence-electron chi connectivity index (χ1n) is 6.60. The molecule has 2 aromatic carbocycles. The van der Waals surface area contributed by atoms with Crippen LogP contribution in [-0.2, 0) is 6.54 Å². The van der Waals surface area contributed by atoms with Crippen LogP contribution in [0.3, 0.4) is 0 Å². The van der Waals surface area contributed by atoms with Gasteiger partial charge in [-0.15, -0.1) is 0 Å². The molecule has 0 radical (unpaired) electrons. The van der Waals surface area contributed by atoms with Crippen LogP contribution >= 0.6 is 23.2 Å². The molecule has 20 heavy (non-hydrogen) atoms. The summed E-state index contributed by atoms with van der Waals surface area (Å²) in [5.41, 5.74) is 2.08. The van der Waals surface area contributed by atoms with Gasteiger partial charge in [0.2, 0.25) is 0 Å². The SMILES string of the molecule is CCCOc1c(Cl)cc(CNc2ccccc2)cc1Cl. The zero-order valence-corrected chi connectivity index (χ0v) is 12.8.